The van der Waals surface area contributed by atoms with Gasteiger partial charge in [0.15, 0.2) is 0 Å². The smallest absolute Gasteiger partial charge is 0.0303 e. The van der Waals surface area contributed by atoms with Gasteiger partial charge in [0.1, 0.15) is 0 Å². The van der Waals surface area contributed by atoms with Gasteiger partial charge in [-0.2, -0.15) is 0 Å². The van der Waals surface area contributed by atoms with Crippen LogP contribution in [0, 0.1) is 0 Å². The Morgan fingerprint density at radius 3 is 2.45 bits per heavy atom. The van der Waals surface area contributed by atoms with Crippen molar-refractivity contribution >= 4 is 0 Å². The minimum atomic E-state index is 0.326. The van der Waals surface area contributed by atoms with E-state index in [1.165, 1.54) is 25.7 Å². The highest BCUT2D eigenvalue weighted by molar-refractivity contribution is 4.96. The molecule has 0 amide bonds. The van der Waals surface area contributed by atoms with Crippen LogP contribution in [0.2, 0.25) is 0 Å². The van der Waals surface area contributed by atoms with Gasteiger partial charge in [0.05, 0.1) is 0 Å². The number of hydrogen-bond donors (Lipinski definition) is 2. The number of likely N-dealkylation sites (N-methyl/N-ethyl adjacent to an activating group) is 2. The summed E-state index contributed by atoms with van der Waals surface area (Å²) in [7, 11) is 4.13. The molecule has 2 N–H and O–H groups in total. The molecule has 0 aliphatic heterocycles. The van der Waals surface area contributed by atoms with Crippen LogP contribution in [0.25, 0.3) is 0 Å². The molecular formula is C9H20N2. The van der Waals surface area contributed by atoms with E-state index in [1.807, 2.05) is 0 Å². The molecule has 2 unspecified atom stereocenters. The van der Waals surface area contributed by atoms with Gasteiger partial charge < -0.3 is 10.6 Å². The summed E-state index contributed by atoms with van der Waals surface area (Å²) in [6, 6.07) is 0.654. The van der Waals surface area contributed by atoms with Gasteiger partial charge in [0.2, 0.25) is 0 Å². The maximum Gasteiger partial charge on any atom is 0.0303 e. The van der Waals surface area contributed by atoms with Gasteiger partial charge in [-0.3, -0.25) is 0 Å². The predicted molar refractivity (Wildman–Crippen MR) is 48.8 cm³/mol. The Kier molecular flexibility index (Phi) is 2.90. The largest absolute Gasteiger partial charge is 0.315 e. The van der Waals surface area contributed by atoms with Crippen LogP contribution in [0.5, 0.6) is 0 Å². The van der Waals surface area contributed by atoms with E-state index in [-0.39, 0.29) is 0 Å². The zero-order chi connectivity index (χ0) is 8.32. The van der Waals surface area contributed by atoms with Crippen molar-refractivity contribution < 1.29 is 0 Å². The highest BCUT2D eigenvalue weighted by Gasteiger charge is 2.33. The summed E-state index contributed by atoms with van der Waals surface area (Å²) in [6.07, 6.45) is 5.36. The molecule has 1 aliphatic carbocycles. The van der Waals surface area contributed by atoms with Gasteiger partial charge in [-0.15, -0.1) is 0 Å². The van der Waals surface area contributed by atoms with Crippen LogP contribution >= 0.6 is 0 Å². The van der Waals surface area contributed by atoms with E-state index >= 15 is 0 Å². The Bertz CT molecular complexity index is 125. The van der Waals surface area contributed by atoms with E-state index in [4.69, 9.17) is 0 Å². The molecule has 2 heteroatoms. The summed E-state index contributed by atoms with van der Waals surface area (Å²) < 4.78 is 0. The van der Waals surface area contributed by atoms with E-state index in [2.05, 4.69) is 31.7 Å². The maximum absolute atomic E-state index is 3.42. The van der Waals surface area contributed by atoms with Crippen LogP contribution in [0.4, 0.5) is 0 Å². The standard InChI is InChI=1S/C9H20N2/c1-9(11-3)7-5-4-6-8(9)10-2/h8,10-11H,4-7H2,1-3H3. The summed E-state index contributed by atoms with van der Waals surface area (Å²) in [4.78, 5) is 0. The zero-order valence-corrected chi connectivity index (χ0v) is 7.91. The van der Waals surface area contributed by atoms with Gasteiger partial charge in [0, 0.05) is 11.6 Å². The van der Waals surface area contributed by atoms with Crippen LogP contribution in [0.3, 0.4) is 0 Å². The Hall–Kier alpha value is -0.0800. The summed E-state index contributed by atoms with van der Waals surface area (Å²) >= 11 is 0. The van der Waals surface area contributed by atoms with E-state index in [1.54, 1.807) is 0 Å². The molecule has 11 heavy (non-hydrogen) atoms. The predicted octanol–water partition coefficient (Wildman–Crippen LogP) is 1.13. The molecule has 0 aromatic heterocycles. The molecular weight excluding hydrogens is 136 g/mol. The molecule has 66 valence electrons. The van der Waals surface area contributed by atoms with Crippen LogP contribution in [0.1, 0.15) is 32.6 Å². The normalized spacial score (nSPS) is 39.0. The van der Waals surface area contributed by atoms with Gasteiger partial charge in [-0.25, -0.2) is 0 Å². The molecule has 0 spiro atoms. The van der Waals surface area contributed by atoms with Gasteiger partial charge in [0.25, 0.3) is 0 Å². The second kappa shape index (κ2) is 3.55. The average Bonchev–Trinajstić information content (AvgIpc) is 2.05. The molecule has 2 atom stereocenters. The van der Waals surface area contributed by atoms with Crippen LogP contribution in [0.15, 0.2) is 0 Å². The fraction of sp³-hybridized carbons (Fsp3) is 1.00. The second-order valence-corrected chi connectivity index (χ2v) is 3.75. The minimum absolute atomic E-state index is 0.326. The monoisotopic (exact) mass is 156 g/mol. The van der Waals surface area contributed by atoms with Crippen molar-refractivity contribution in [2.45, 2.75) is 44.2 Å². The third-order valence-corrected chi connectivity index (χ3v) is 3.13. The lowest BCUT2D eigenvalue weighted by Crippen LogP contribution is -2.57. The van der Waals surface area contributed by atoms with E-state index in [0.29, 0.717) is 11.6 Å². The third-order valence-electron chi connectivity index (χ3n) is 3.13. The molecule has 1 saturated carbocycles. The van der Waals surface area contributed by atoms with Crippen LogP contribution in [-0.4, -0.2) is 25.7 Å². The minimum Gasteiger partial charge on any atom is -0.315 e. The van der Waals surface area contributed by atoms with Crippen LogP contribution in [-0.2, 0) is 0 Å². The Labute approximate surface area is 69.8 Å². The summed E-state index contributed by atoms with van der Waals surface area (Å²) in [6.45, 7) is 2.31. The quantitative estimate of drug-likeness (QED) is 0.626. The molecule has 1 aliphatic rings. The first kappa shape index (κ1) is 9.01. The average molecular weight is 156 g/mol. The van der Waals surface area contributed by atoms with Crippen molar-refractivity contribution in [3.05, 3.63) is 0 Å². The Morgan fingerprint density at radius 1 is 1.27 bits per heavy atom. The summed E-state index contributed by atoms with van der Waals surface area (Å²) in [5.41, 5.74) is 0.326. The van der Waals surface area contributed by atoms with Crippen molar-refractivity contribution in [2.24, 2.45) is 0 Å². The van der Waals surface area contributed by atoms with Gasteiger partial charge >= 0.3 is 0 Å². The Morgan fingerprint density at radius 2 is 2.00 bits per heavy atom. The molecule has 0 bridgehead atoms. The highest BCUT2D eigenvalue weighted by Crippen LogP contribution is 2.27. The number of hydrogen-bond acceptors (Lipinski definition) is 2. The van der Waals surface area contributed by atoms with E-state index in [0.717, 1.165) is 0 Å². The maximum atomic E-state index is 3.42. The van der Waals surface area contributed by atoms with Gasteiger partial charge in [-0.1, -0.05) is 12.8 Å². The second-order valence-electron chi connectivity index (χ2n) is 3.75. The molecule has 0 aromatic rings. The van der Waals surface area contributed by atoms with E-state index < -0.39 is 0 Å². The van der Waals surface area contributed by atoms with Crippen molar-refractivity contribution in [2.75, 3.05) is 14.1 Å². The number of rotatable bonds is 2. The van der Waals surface area contributed by atoms with Crippen molar-refractivity contribution in [1.82, 2.24) is 10.6 Å². The molecule has 1 rings (SSSR count). The van der Waals surface area contributed by atoms with Crippen molar-refractivity contribution in [3.8, 4) is 0 Å². The third kappa shape index (κ3) is 1.74. The molecule has 0 saturated heterocycles. The molecule has 0 aromatic carbocycles. The summed E-state index contributed by atoms with van der Waals surface area (Å²) in [5.74, 6) is 0. The zero-order valence-electron chi connectivity index (χ0n) is 7.91. The lowest BCUT2D eigenvalue weighted by molar-refractivity contribution is 0.205. The van der Waals surface area contributed by atoms with E-state index in [9.17, 15) is 0 Å². The SMILES string of the molecule is CNC1CCCCC1(C)NC. The fourth-order valence-electron chi connectivity index (χ4n) is 2.10. The van der Waals surface area contributed by atoms with Crippen molar-refractivity contribution in [3.63, 3.8) is 0 Å². The molecule has 1 fully saturated rings. The summed E-state index contributed by atoms with van der Waals surface area (Å²) in [5, 5.41) is 6.80. The molecule has 0 radical (unpaired) electrons. The first-order chi connectivity index (χ1) is 5.23. The Balaban J connectivity index is 2.57. The fourth-order valence-corrected chi connectivity index (χ4v) is 2.10. The lowest BCUT2D eigenvalue weighted by Gasteiger charge is -2.41. The van der Waals surface area contributed by atoms with Crippen LogP contribution < -0.4 is 10.6 Å². The molecule has 0 heterocycles. The highest BCUT2D eigenvalue weighted by atomic mass is 15.0. The topological polar surface area (TPSA) is 24.1 Å². The molecule has 2 nitrogen and oxygen atoms in total. The first-order valence-electron chi connectivity index (χ1n) is 4.59. The van der Waals surface area contributed by atoms with Crippen molar-refractivity contribution in [1.29, 1.82) is 0 Å². The number of nitrogens with one attached hydrogen (secondary N) is 2. The first-order valence-corrected chi connectivity index (χ1v) is 4.59. The van der Waals surface area contributed by atoms with Gasteiger partial charge in [-0.05, 0) is 33.9 Å². The lowest BCUT2D eigenvalue weighted by atomic mass is 9.79.